The fraction of sp³-hybridized carbons (Fsp3) is 0.417. The Kier molecular flexibility index (Phi) is 4.16. The van der Waals surface area contributed by atoms with Crippen LogP contribution < -0.4 is 5.73 Å². The van der Waals surface area contributed by atoms with Gasteiger partial charge in [-0.15, -0.1) is 0 Å². The minimum Gasteiger partial charge on any atom is -0.369 e. The van der Waals surface area contributed by atoms with Gasteiger partial charge in [0.1, 0.15) is 0 Å². The van der Waals surface area contributed by atoms with Crippen molar-refractivity contribution in [2.45, 2.75) is 26.3 Å². The third-order valence-corrected chi connectivity index (χ3v) is 2.61. The van der Waals surface area contributed by atoms with Crippen molar-refractivity contribution >= 4 is 11.6 Å². The molecule has 0 radical (unpaired) electrons. The van der Waals surface area contributed by atoms with Crippen LogP contribution in [0.3, 0.4) is 0 Å². The second kappa shape index (κ2) is 5.39. The minimum atomic E-state index is 0.414. The number of rotatable bonds is 3. The standard InChI is InChI=1S/C12H19N3/c1-4-10(2)15(3)12(13)14-11-8-6-5-7-9-11/h5-10H,4H2,1-3H3,(H2,13,14). The molecule has 0 bridgehead atoms. The topological polar surface area (TPSA) is 41.6 Å². The molecule has 0 aliphatic heterocycles. The molecule has 0 saturated carbocycles. The molecule has 0 aromatic heterocycles. The Hall–Kier alpha value is -1.51. The number of hydrogen-bond acceptors (Lipinski definition) is 1. The maximum Gasteiger partial charge on any atom is 0.196 e. The molecule has 0 heterocycles. The zero-order chi connectivity index (χ0) is 11.3. The molecule has 0 spiro atoms. The number of nitrogens with two attached hydrogens (primary N) is 1. The molecule has 3 heteroatoms. The predicted molar refractivity (Wildman–Crippen MR) is 65.2 cm³/mol. The van der Waals surface area contributed by atoms with Crippen LogP contribution in [0, 0.1) is 0 Å². The summed E-state index contributed by atoms with van der Waals surface area (Å²) in [6.45, 7) is 4.27. The number of para-hydroxylation sites is 1. The smallest absolute Gasteiger partial charge is 0.196 e. The lowest BCUT2D eigenvalue weighted by atomic mass is 10.2. The Morgan fingerprint density at radius 3 is 2.53 bits per heavy atom. The van der Waals surface area contributed by atoms with E-state index in [1.807, 2.05) is 42.3 Å². The molecular weight excluding hydrogens is 186 g/mol. The summed E-state index contributed by atoms with van der Waals surface area (Å²) in [6, 6.07) is 10.2. The van der Waals surface area contributed by atoms with Gasteiger partial charge in [0.2, 0.25) is 0 Å². The Morgan fingerprint density at radius 1 is 1.40 bits per heavy atom. The summed E-state index contributed by atoms with van der Waals surface area (Å²) in [5.74, 6) is 0.565. The van der Waals surface area contributed by atoms with Crippen molar-refractivity contribution in [2.24, 2.45) is 10.7 Å². The first-order valence-corrected chi connectivity index (χ1v) is 5.27. The van der Waals surface area contributed by atoms with Crippen molar-refractivity contribution in [1.29, 1.82) is 0 Å². The highest BCUT2D eigenvalue weighted by atomic mass is 15.2. The van der Waals surface area contributed by atoms with E-state index in [-0.39, 0.29) is 0 Å². The van der Waals surface area contributed by atoms with Crippen LogP contribution in [0.4, 0.5) is 5.69 Å². The van der Waals surface area contributed by atoms with E-state index in [1.165, 1.54) is 0 Å². The molecule has 0 aliphatic rings. The molecule has 15 heavy (non-hydrogen) atoms. The molecule has 0 fully saturated rings. The van der Waals surface area contributed by atoms with E-state index in [4.69, 9.17) is 5.73 Å². The Morgan fingerprint density at radius 2 is 2.00 bits per heavy atom. The molecule has 2 N–H and O–H groups in total. The van der Waals surface area contributed by atoms with Crippen molar-refractivity contribution in [3.63, 3.8) is 0 Å². The summed E-state index contributed by atoms with van der Waals surface area (Å²) in [7, 11) is 1.97. The lowest BCUT2D eigenvalue weighted by molar-refractivity contribution is 0.377. The highest BCUT2D eigenvalue weighted by Gasteiger charge is 2.08. The first kappa shape index (κ1) is 11.6. The van der Waals surface area contributed by atoms with Crippen LogP contribution in [0.25, 0.3) is 0 Å². The van der Waals surface area contributed by atoms with Gasteiger partial charge in [0.25, 0.3) is 0 Å². The summed E-state index contributed by atoms with van der Waals surface area (Å²) in [6.07, 6.45) is 1.06. The first-order chi connectivity index (χ1) is 7.15. The van der Waals surface area contributed by atoms with E-state index in [9.17, 15) is 0 Å². The zero-order valence-electron chi connectivity index (χ0n) is 9.64. The Labute approximate surface area is 91.6 Å². The van der Waals surface area contributed by atoms with Crippen molar-refractivity contribution < 1.29 is 0 Å². The molecule has 0 aliphatic carbocycles. The first-order valence-electron chi connectivity index (χ1n) is 5.27. The molecule has 3 nitrogen and oxygen atoms in total. The summed E-state index contributed by atoms with van der Waals surface area (Å²) in [5, 5.41) is 0. The van der Waals surface area contributed by atoms with Gasteiger partial charge in [0.15, 0.2) is 5.96 Å². The quantitative estimate of drug-likeness (QED) is 0.608. The van der Waals surface area contributed by atoms with E-state index >= 15 is 0 Å². The summed E-state index contributed by atoms with van der Waals surface area (Å²) >= 11 is 0. The van der Waals surface area contributed by atoms with Crippen LogP contribution in [-0.4, -0.2) is 23.9 Å². The molecule has 1 aromatic carbocycles. The van der Waals surface area contributed by atoms with Gasteiger partial charge in [0.05, 0.1) is 5.69 Å². The van der Waals surface area contributed by atoms with Gasteiger partial charge in [-0.3, -0.25) is 0 Å². The Balaban J connectivity index is 2.76. The van der Waals surface area contributed by atoms with Crippen molar-refractivity contribution in [1.82, 2.24) is 4.90 Å². The monoisotopic (exact) mass is 205 g/mol. The van der Waals surface area contributed by atoms with Crippen molar-refractivity contribution in [3.05, 3.63) is 30.3 Å². The normalized spacial score (nSPS) is 13.7. The molecule has 82 valence electrons. The molecule has 0 amide bonds. The van der Waals surface area contributed by atoms with Crippen LogP contribution >= 0.6 is 0 Å². The highest BCUT2D eigenvalue weighted by molar-refractivity contribution is 5.81. The number of hydrogen-bond donors (Lipinski definition) is 1. The molecule has 1 rings (SSSR count). The zero-order valence-corrected chi connectivity index (χ0v) is 9.64. The second-order valence-electron chi connectivity index (χ2n) is 3.67. The minimum absolute atomic E-state index is 0.414. The van der Waals surface area contributed by atoms with E-state index in [0.29, 0.717) is 12.0 Å². The van der Waals surface area contributed by atoms with Crippen LogP contribution in [-0.2, 0) is 0 Å². The largest absolute Gasteiger partial charge is 0.369 e. The summed E-state index contributed by atoms with van der Waals surface area (Å²) in [4.78, 5) is 6.34. The lowest BCUT2D eigenvalue weighted by Crippen LogP contribution is -2.39. The van der Waals surface area contributed by atoms with Crippen LogP contribution in [0.5, 0.6) is 0 Å². The highest BCUT2D eigenvalue weighted by Crippen LogP contribution is 2.10. The van der Waals surface area contributed by atoms with Gasteiger partial charge in [-0.1, -0.05) is 25.1 Å². The lowest BCUT2D eigenvalue weighted by Gasteiger charge is -2.24. The Bertz CT molecular complexity index is 319. The fourth-order valence-electron chi connectivity index (χ4n) is 1.21. The van der Waals surface area contributed by atoms with Gasteiger partial charge >= 0.3 is 0 Å². The fourth-order valence-corrected chi connectivity index (χ4v) is 1.21. The van der Waals surface area contributed by atoms with E-state index < -0.39 is 0 Å². The van der Waals surface area contributed by atoms with Crippen LogP contribution in [0.2, 0.25) is 0 Å². The van der Waals surface area contributed by atoms with Crippen molar-refractivity contribution in [2.75, 3.05) is 7.05 Å². The average molecular weight is 205 g/mol. The average Bonchev–Trinajstić information content (AvgIpc) is 2.28. The van der Waals surface area contributed by atoms with Gasteiger partial charge in [0, 0.05) is 13.1 Å². The number of nitrogens with zero attached hydrogens (tertiary/aromatic N) is 2. The SMILES string of the molecule is CCC(C)N(C)C(N)=Nc1ccccc1. The van der Waals surface area contributed by atoms with Crippen LogP contribution in [0.1, 0.15) is 20.3 Å². The van der Waals surface area contributed by atoms with Gasteiger partial charge < -0.3 is 10.6 Å². The van der Waals surface area contributed by atoms with E-state index in [2.05, 4.69) is 18.8 Å². The maximum absolute atomic E-state index is 5.90. The molecule has 1 unspecified atom stereocenters. The second-order valence-corrected chi connectivity index (χ2v) is 3.67. The maximum atomic E-state index is 5.90. The molecular formula is C12H19N3. The van der Waals surface area contributed by atoms with Crippen LogP contribution in [0.15, 0.2) is 35.3 Å². The third kappa shape index (κ3) is 3.27. The number of benzene rings is 1. The van der Waals surface area contributed by atoms with Gasteiger partial charge in [-0.05, 0) is 25.5 Å². The van der Waals surface area contributed by atoms with E-state index in [0.717, 1.165) is 12.1 Å². The summed E-state index contributed by atoms with van der Waals surface area (Å²) in [5.41, 5.74) is 6.80. The predicted octanol–water partition coefficient (Wildman–Crippen LogP) is 2.36. The van der Waals surface area contributed by atoms with E-state index in [1.54, 1.807) is 0 Å². The number of guanidine groups is 1. The molecule has 1 atom stereocenters. The van der Waals surface area contributed by atoms with Crippen molar-refractivity contribution in [3.8, 4) is 0 Å². The summed E-state index contributed by atoms with van der Waals surface area (Å²) < 4.78 is 0. The molecule has 0 saturated heterocycles. The third-order valence-electron chi connectivity index (χ3n) is 2.61. The van der Waals surface area contributed by atoms with Gasteiger partial charge in [-0.25, -0.2) is 4.99 Å². The van der Waals surface area contributed by atoms with Gasteiger partial charge in [-0.2, -0.15) is 0 Å². The molecule has 1 aromatic rings. The number of aliphatic imine (C=N–C) groups is 1.